The largest absolute Gasteiger partial charge is 0.441 e. The van der Waals surface area contributed by atoms with Crippen molar-refractivity contribution in [1.29, 1.82) is 0 Å². The molecule has 4 rings (SSSR count). The number of carbonyl (C=O) groups is 1. The molecule has 0 aliphatic rings. The van der Waals surface area contributed by atoms with Crippen LogP contribution in [0.3, 0.4) is 0 Å². The molecule has 124 valence electrons. The van der Waals surface area contributed by atoms with E-state index in [2.05, 4.69) is 15.3 Å². The standard InChI is InChI=1S/C20H17N3O2/c1-13-5-2-9-17-19(13)23-18(25-17)10-12-22-20(24)15-6-3-8-16-14(15)7-4-11-21-16/h2-9,11H,10,12H2,1H3,(H,22,24). The van der Waals surface area contributed by atoms with Crippen LogP contribution in [0.2, 0.25) is 0 Å². The number of pyridine rings is 1. The van der Waals surface area contributed by atoms with Crippen LogP contribution in [-0.2, 0) is 6.42 Å². The molecule has 4 aromatic rings. The van der Waals surface area contributed by atoms with Crippen molar-refractivity contribution in [3.05, 3.63) is 71.7 Å². The lowest BCUT2D eigenvalue weighted by molar-refractivity contribution is 0.0955. The van der Waals surface area contributed by atoms with Crippen molar-refractivity contribution in [2.45, 2.75) is 13.3 Å². The molecule has 0 radical (unpaired) electrons. The van der Waals surface area contributed by atoms with Crippen molar-refractivity contribution in [3.8, 4) is 0 Å². The summed E-state index contributed by atoms with van der Waals surface area (Å²) in [4.78, 5) is 21.3. The molecule has 2 aromatic heterocycles. The smallest absolute Gasteiger partial charge is 0.251 e. The topological polar surface area (TPSA) is 68.0 Å². The Hall–Kier alpha value is -3.21. The number of benzene rings is 2. The van der Waals surface area contributed by atoms with E-state index in [4.69, 9.17) is 4.42 Å². The minimum atomic E-state index is -0.120. The number of hydrogen-bond donors (Lipinski definition) is 1. The number of nitrogens with one attached hydrogen (secondary N) is 1. The average Bonchev–Trinajstić information content (AvgIpc) is 3.05. The first-order valence-corrected chi connectivity index (χ1v) is 8.19. The fraction of sp³-hybridized carbons (Fsp3) is 0.150. The van der Waals surface area contributed by atoms with Gasteiger partial charge in [0.15, 0.2) is 11.5 Å². The van der Waals surface area contributed by atoms with E-state index in [0.29, 0.717) is 24.4 Å². The highest BCUT2D eigenvalue weighted by Crippen LogP contribution is 2.19. The predicted octanol–water partition coefficient (Wildman–Crippen LogP) is 3.66. The van der Waals surface area contributed by atoms with Gasteiger partial charge in [-0.15, -0.1) is 0 Å². The average molecular weight is 331 g/mol. The second-order valence-electron chi connectivity index (χ2n) is 5.91. The van der Waals surface area contributed by atoms with Crippen LogP contribution in [0.1, 0.15) is 21.8 Å². The Labute approximate surface area is 144 Å². The molecule has 5 heteroatoms. The van der Waals surface area contributed by atoms with Crippen molar-refractivity contribution in [2.24, 2.45) is 0 Å². The fourth-order valence-electron chi connectivity index (χ4n) is 2.92. The molecular formula is C20H17N3O2. The van der Waals surface area contributed by atoms with Gasteiger partial charge in [-0.2, -0.15) is 0 Å². The maximum atomic E-state index is 12.5. The summed E-state index contributed by atoms with van der Waals surface area (Å²) in [6.07, 6.45) is 2.27. The van der Waals surface area contributed by atoms with Crippen LogP contribution in [0.5, 0.6) is 0 Å². The van der Waals surface area contributed by atoms with Crippen LogP contribution in [-0.4, -0.2) is 22.4 Å². The zero-order chi connectivity index (χ0) is 17.2. The minimum absolute atomic E-state index is 0.120. The van der Waals surface area contributed by atoms with Crippen molar-refractivity contribution >= 4 is 27.9 Å². The van der Waals surface area contributed by atoms with Crippen molar-refractivity contribution in [2.75, 3.05) is 6.54 Å². The molecule has 1 amide bonds. The molecule has 0 aliphatic carbocycles. The SMILES string of the molecule is Cc1cccc2oc(CCNC(=O)c3cccc4ncccc34)nc12. The second kappa shape index (κ2) is 6.36. The number of oxazole rings is 1. The lowest BCUT2D eigenvalue weighted by Crippen LogP contribution is -2.26. The first kappa shape index (κ1) is 15.3. The third kappa shape index (κ3) is 2.96. The number of rotatable bonds is 4. The number of carbonyl (C=O) groups excluding carboxylic acids is 1. The van der Waals surface area contributed by atoms with E-state index in [1.54, 1.807) is 6.20 Å². The van der Waals surface area contributed by atoms with Crippen molar-refractivity contribution in [3.63, 3.8) is 0 Å². The van der Waals surface area contributed by atoms with Crippen LogP contribution in [0.4, 0.5) is 0 Å². The molecule has 2 aromatic carbocycles. The van der Waals surface area contributed by atoms with Crippen molar-refractivity contribution < 1.29 is 9.21 Å². The number of amides is 1. The Bertz CT molecular complexity index is 1060. The molecule has 0 fully saturated rings. The van der Waals surface area contributed by atoms with Gasteiger partial charge in [0.25, 0.3) is 5.91 Å². The summed E-state index contributed by atoms with van der Waals surface area (Å²) in [5.41, 5.74) is 4.17. The molecule has 25 heavy (non-hydrogen) atoms. The van der Waals surface area contributed by atoms with Crippen LogP contribution in [0.15, 0.2) is 59.1 Å². The lowest BCUT2D eigenvalue weighted by atomic mass is 10.1. The summed E-state index contributed by atoms with van der Waals surface area (Å²) in [5.74, 6) is 0.509. The molecule has 0 unspecified atom stereocenters. The van der Waals surface area contributed by atoms with E-state index in [9.17, 15) is 4.79 Å². The highest BCUT2D eigenvalue weighted by molar-refractivity contribution is 6.06. The molecule has 1 N–H and O–H groups in total. The zero-order valence-electron chi connectivity index (χ0n) is 13.8. The highest BCUT2D eigenvalue weighted by atomic mass is 16.3. The van der Waals surface area contributed by atoms with E-state index in [1.165, 1.54) is 0 Å². The molecule has 0 bridgehead atoms. The third-order valence-electron chi connectivity index (χ3n) is 4.18. The zero-order valence-corrected chi connectivity index (χ0v) is 13.8. The minimum Gasteiger partial charge on any atom is -0.441 e. The lowest BCUT2D eigenvalue weighted by Gasteiger charge is -2.06. The Balaban J connectivity index is 1.47. The normalized spacial score (nSPS) is 11.1. The summed E-state index contributed by atoms with van der Waals surface area (Å²) in [7, 11) is 0. The maximum Gasteiger partial charge on any atom is 0.251 e. The van der Waals surface area contributed by atoms with Gasteiger partial charge in [-0.25, -0.2) is 4.98 Å². The number of fused-ring (bicyclic) bond motifs is 2. The van der Waals surface area contributed by atoms with E-state index >= 15 is 0 Å². The van der Waals surface area contributed by atoms with Gasteiger partial charge in [0.05, 0.1) is 5.52 Å². The molecule has 2 heterocycles. The van der Waals surface area contributed by atoms with Crippen LogP contribution >= 0.6 is 0 Å². The van der Waals surface area contributed by atoms with Crippen LogP contribution < -0.4 is 5.32 Å². The first-order valence-electron chi connectivity index (χ1n) is 8.19. The Morgan fingerprint density at radius 1 is 1.12 bits per heavy atom. The van der Waals surface area contributed by atoms with Crippen LogP contribution in [0.25, 0.3) is 22.0 Å². The molecular weight excluding hydrogens is 314 g/mol. The number of aryl methyl sites for hydroxylation is 1. The summed E-state index contributed by atoms with van der Waals surface area (Å²) in [6.45, 7) is 2.46. The molecule has 0 spiro atoms. The van der Waals surface area contributed by atoms with Gasteiger partial charge in [-0.3, -0.25) is 9.78 Å². The van der Waals surface area contributed by atoms with Gasteiger partial charge in [0, 0.05) is 30.1 Å². The van der Waals surface area contributed by atoms with Gasteiger partial charge in [0.2, 0.25) is 0 Å². The molecule has 0 saturated heterocycles. The predicted molar refractivity (Wildman–Crippen MR) is 96.5 cm³/mol. The van der Waals surface area contributed by atoms with E-state index in [1.807, 2.05) is 55.5 Å². The Kier molecular flexibility index (Phi) is 3.90. The monoisotopic (exact) mass is 331 g/mol. The van der Waals surface area contributed by atoms with Gasteiger partial charge >= 0.3 is 0 Å². The van der Waals surface area contributed by atoms with Crippen LogP contribution in [0, 0.1) is 6.92 Å². The van der Waals surface area contributed by atoms with E-state index in [-0.39, 0.29) is 5.91 Å². The number of nitrogens with zero attached hydrogens (tertiary/aromatic N) is 2. The fourth-order valence-corrected chi connectivity index (χ4v) is 2.92. The quantitative estimate of drug-likeness (QED) is 0.620. The maximum absolute atomic E-state index is 12.5. The molecule has 0 aliphatic heterocycles. The highest BCUT2D eigenvalue weighted by Gasteiger charge is 2.11. The van der Waals surface area contributed by atoms with E-state index in [0.717, 1.165) is 27.6 Å². The van der Waals surface area contributed by atoms with Gasteiger partial charge < -0.3 is 9.73 Å². The first-order chi connectivity index (χ1) is 12.2. The Morgan fingerprint density at radius 2 is 2.00 bits per heavy atom. The summed E-state index contributed by atoms with van der Waals surface area (Å²) in [5, 5.41) is 3.78. The molecule has 0 atom stereocenters. The van der Waals surface area contributed by atoms with Gasteiger partial charge in [-0.1, -0.05) is 24.3 Å². The number of hydrogen-bond acceptors (Lipinski definition) is 4. The number of aromatic nitrogens is 2. The Morgan fingerprint density at radius 3 is 2.88 bits per heavy atom. The second-order valence-corrected chi connectivity index (χ2v) is 5.91. The summed E-state index contributed by atoms with van der Waals surface area (Å²) in [6, 6.07) is 15.1. The molecule has 0 saturated carbocycles. The van der Waals surface area contributed by atoms with Crippen molar-refractivity contribution in [1.82, 2.24) is 15.3 Å². The summed E-state index contributed by atoms with van der Waals surface area (Å²) < 4.78 is 5.73. The third-order valence-corrected chi connectivity index (χ3v) is 4.18. The molecule has 5 nitrogen and oxygen atoms in total. The van der Waals surface area contributed by atoms with E-state index < -0.39 is 0 Å². The number of para-hydroxylation sites is 1. The van der Waals surface area contributed by atoms with Gasteiger partial charge in [0.1, 0.15) is 5.52 Å². The summed E-state index contributed by atoms with van der Waals surface area (Å²) >= 11 is 0. The van der Waals surface area contributed by atoms with Gasteiger partial charge in [-0.05, 0) is 36.8 Å².